The zero-order valence-electron chi connectivity index (χ0n) is 18.2. The molecule has 2 aromatic carbocycles. The van der Waals surface area contributed by atoms with Crippen LogP contribution in [0.3, 0.4) is 0 Å². The van der Waals surface area contributed by atoms with Crippen molar-refractivity contribution < 1.29 is 27.9 Å². The van der Waals surface area contributed by atoms with Gasteiger partial charge in [-0.3, -0.25) is 0 Å². The highest BCUT2D eigenvalue weighted by Gasteiger charge is 2.38. The van der Waals surface area contributed by atoms with Crippen LogP contribution in [0.4, 0.5) is 46.8 Å². The number of anilines is 5. The molecule has 0 unspecified atom stereocenters. The summed E-state index contributed by atoms with van der Waals surface area (Å²) in [6, 6.07) is 12.9. The van der Waals surface area contributed by atoms with Gasteiger partial charge in [0.2, 0.25) is 5.95 Å². The number of aliphatic carboxylic acids is 1. The monoisotopic (exact) mass is 519 g/mol. The molecule has 1 aliphatic heterocycles. The molecule has 2 heterocycles. The number of rotatable bonds is 1. The molecule has 1 aromatic heterocycles. The average Bonchev–Trinajstić information content (AvgIpc) is 2.81. The fraction of sp³-hybridized carbons (Fsp3) is 0.136. The van der Waals surface area contributed by atoms with E-state index in [-0.39, 0.29) is 0 Å². The van der Waals surface area contributed by atoms with Crippen molar-refractivity contribution in [2.24, 2.45) is 0 Å². The first-order valence-corrected chi connectivity index (χ1v) is 10.5. The van der Waals surface area contributed by atoms with Crippen LogP contribution in [0, 0.1) is 11.5 Å². The van der Waals surface area contributed by atoms with E-state index in [1.54, 1.807) is 18.3 Å². The van der Waals surface area contributed by atoms with Gasteiger partial charge < -0.3 is 21.1 Å². The molecule has 2 amide bonds. The summed E-state index contributed by atoms with van der Waals surface area (Å²) < 4.78 is 31.7. The first-order valence-electron chi connectivity index (χ1n) is 10.1. The molecule has 5 N–H and O–H groups in total. The number of carboxylic acids is 1. The summed E-state index contributed by atoms with van der Waals surface area (Å²) >= 11 is 6.26. The molecule has 0 saturated heterocycles. The van der Waals surface area contributed by atoms with Crippen molar-refractivity contribution in [2.75, 3.05) is 16.0 Å². The molecule has 6 bridgehead atoms. The lowest BCUT2D eigenvalue weighted by atomic mass is 10.0. The van der Waals surface area contributed by atoms with Gasteiger partial charge in [0.05, 0.1) is 6.20 Å². The fourth-order valence-electron chi connectivity index (χ4n) is 3.07. The Bertz CT molecular complexity index is 1330. The van der Waals surface area contributed by atoms with Crippen molar-refractivity contribution >= 4 is 52.4 Å². The van der Waals surface area contributed by atoms with Crippen LogP contribution >= 0.6 is 11.6 Å². The van der Waals surface area contributed by atoms with Gasteiger partial charge in [-0.1, -0.05) is 23.7 Å². The number of hydrogen-bond donors (Lipinski definition) is 5. The Kier molecular flexibility index (Phi) is 8.13. The van der Waals surface area contributed by atoms with Crippen LogP contribution in [-0.4, -0.2) is 33.3 Å². The first kappa shape index (κ1) is 26.0. The maximum atomic E-state index is 11.8. The third kappa shape index (κ3) is 7.21. The van der Waals surface area contributed by atoms with Gasteiger partial charge in [0.15, 0.2) is 12.0 Å². The van der Waals surface area contributed by atoms with Crippen molar-refractivity contribution in [2.45, 2.75) is 19.0 Å². The van der Waals surface area contributed by atoms with Crippen molar-refractivity contribution in [1.82, 2.24) is 15.3 Å². The summed E-state index contributed by atoms with van der Waals surface area (Å²) in [7, 11) is 0. The van der Waals surface area contributed by atoms with Gasteiger partial charge in [-0.2, -0.15) is 23.4 Å². The van der Waals surface area contributed by atoms with Crippen LogP contribution in [0.1, 0.15) is 11.1 Å². The van der Waals surface area contributed by atoms with Gasteiger partial charge in [-0.15, -0.1) is 0 Å². The highest BCUT2D eigenvalue weighted by Crippen LogP contribution is 2.29. The first-order chi connectivity index (χ1) is 17.0. The third-order valence-corrected chi connectivity index (χ3v) is 4.91. The molecule has 0 saturated carbocycles. The Labute approximate surface area is 207 Å². The third-order valence-electron chi connectivity index (χ3n) is 4.64. The lowest BCUT2D eigenvalue weighted by Crippen LogP contribution is -2.24. The zero-order chi connectivity index (χ0) is 26.3. The number of aryl methyl sites for hydroxylation is 2. The summed E-state index contributed by atoms with van der Waals surface area (Å²) in [5.74, 6) is -1.86. The highest BCUT2D eigenvalue weighted by molar-refractivity contribution is 6.32. The number of fused-ring (bicyclic) bond motifs is 6. The highest BCUT2D eigenvalue weighted by atomic mass is 35.5. The number of aromatic nitrogens is 2. The Morgan fingerprint density at radius 3 is 2.53 bits per heavy atom. The van der Waals surface area contributed by atoms with Gasteiger partial charge in [0.25, 0.3) is 0 Å². The Balaban J connectivity index is 0.000000454. The molecule has 0 fully saturated rings. The number of nitrogens with zero attached hydrogens (tertiary/aromatic N) is 3. The number of hydrogen-bond acceptors (Lipinski definition) is 7. The van der Waals surface area contributed by atoms with Gasteiger partial charge in [-0.05, 0) is 54.3 Å². The van der Waals surface area contributed by atoms with E-state index in [1.165, 1.54) is 6.20 Å². The van der Waals surface area contributed by atoms with E-state index in [0.29, 0.717) is 28.9 Å². The lowest BCUT2D eigenvalue weighted by Gasteiger charge is -2.14. The number of nitrogens with one attached hydrogen (secondary N) is 4. The number of nitriles is 1. The lowest BCUT2D eigenvalue weighted by molar-refractivity contribution is -0.192. The summed E-state index contributed by atoms with van der Waals surface area (Å²) in [4.78, 5) is 29.4. The molecule has 0 radical (unpaired) electrons. The predicted molar refractivity (Wildman–Crippen MR) is 125 cm³/mol. The second-order valence-electron chi connectivity index (χ2n) is 7.21. The Morgan fingerprint density at radius 1 is 1.11 bits per heavy atom. The molecule has 36 heavy (non-hydrogen) atoms. The van der Waals surface area contributed by atoms with E-state index >= 15 is 0 Å². The second kappa shape index (κ2) is 11.2. The molecule has 0 spiro atoms. The number of amides is 2. The number of carbonyl (C=O) groups excluding carboxylic acids is 1. The van der Waals surface area contributed by atoms with E-state index in [0.717, 1.165) is 28.9 Å². The van der Waals surface area contributed by atoms with Gasteiger partial charge in [0, 0.05) is 17.1 Å². The van der Waals surface area contributed by atoms with Crippen LogP contribution < -0.4 is 21.3 Å². The van der Waals surface area contributed by atoms with Crippen molar-refractivity contribution in [3.05, 3.63) is 64.8 Å². The molecule has 10 nitrogen and oxygen atoms in total. The van der Waals surface area contributed by atoms with Gasteiger partial charge in [-0.25, -0.2) is 19.9 Å². The van der Waals surface area contributed by atoms with E-state index in [1.807, 2.05) is 30.3 Å². The molecule has 14 heteroatoms. The fourth-order valence-corrected chi connectivity index (χ4v) is 3.21. The minimum Gasteiger partial charge on any atom is -0.475 e. The van der Waals surface area contributed by atoms with Crippen LogP contribution in [-0.2, 0) is 17.6 Å². The molecule has 1 aliphatic rings. The minimum absolute atomic E-state index is 0.385. The maximum absolute atomic E-state index is 11.8. The molecular weight excluding hydrogens is 503 g/mol. The van der Waals surface area contributed by atoms with Crippen LogP contribution in [0.15, 0.2) is 48.7 Å². The average molecular weight is 520 g/mol. The normalized spacial score (nSPS) is 11.9. The molecule has 3 aromatic rings. The largest absolute Gasteiger partial charge is 0.490 e. The Hall–Kier alpha value is -4.57. The Morgan fingerprint density at radius 2 is 1.83 bits per heavy atom. The number of alkyl halides is 3. The smallest absolute Gasteiger partial charge is 0.475 e. The predicted octanol–water partition coefficient (Wildman–Crippen LogP) is 4.95. The number of urea groups is 1. The van der Waals surface area contributed by atoms with Crippen LogP contribution in [0.5, 0.6) is 0 Å². The molecular formula is C22H17ClF3N7O3. The quantitative estimate of drug-likeness (QED) is 0.224. The van der Waals surface area contributed by atoms with E-state index in [2.05, 4.69) is 31.2 Å². The van der Waals surface area contributed by atoms with E-state index in [9.17, 15) is 18.0 Å². The van der Waals surface area contributed by atoms with Crippen LogP contribution in [0.2, 0.25) is 5.02 Å². The van der Waals surface area contributed by atoms with Gasteiger partial charge >= 0.3 is 18.2 Å². The van der Waals surface area contributed by atoms with Gasteiger partial charge in [0.1, 0.15) is 5.02 Å². The number of carbonyl (C=O) groups is 2. The summed E-state index contributed by atoms with van der Waals surface area (Å²) in [6.45, 7) is 0. The molecule has 0 aliphatic carbocycles. The number of benzene rings is 2. The number of carboxylic acid groups (broad SMARTS) is 1. The molecule has 186 valence electrons. The summed E-state index contributed by atoms with van der Waals surface area (Å²) in [5.41, 5.74) is 4.29. The summed E-state index contributed by atoms with van der Waals surface area (Å²) in [5, 5.41) is 27.3. The SMILES string of the molecule is N#CNC(=O)Nc1ccc2cc1CCc1cccc(c1)Nc1ncc(Cl)c(n1)N2.O=C(O)C(F)(F)F. The zero-order valence-corrected chi connectivity index (χ0v) is 18.9. The summed E-state index contributed by atoms with van der Waals surface area (Å²) in [6.07, 6.45) is -0.497. The second-order valence-corrected chi connectivity index (χ2v) is 7.61. The topological polar surface area (TPSA) is 152 Å². The standard InChI is InChI=1S/C20H16ClN7O.C2HF3O2/c21-16-10-23-19-26-14-3-1-2-12(8-14)4-5-13-9-15(25-18(16)28-19)6-7-17(13)27-20(29)24-11-22;3-2(4,5)1(6)7/h1-3,6-10H,4-5H2,(H2,24,27,29)(H2,23,25,26,28);(H,6,7). The van der Waals surface area contributed by atoms with Crippen molar-refractivity contribution in [3.8, 4) is 6.19 Å². The van der Waals surface area contributed by atoms with Crippen molar-refractivity contribution in [3.63, 3.8) is 0 Å². The van der Waals surface area contributed by atoms with E-state index in [4.69, 9.17) is 26.8 Å². The van der Waals surface area contributed by atoms with Crippen LogP contribution in [0.25, 0.3) is 0 Å². The number of halogens is 4. The molecule has 4 rings (SSSR count). The minimum atomic E-state index is -5.08. The maximum Gasteiger partial charge on any atom is 0.490 e. The van der Waals surface area contributed by atoms with E-state index < -0.39 is 18.2 Å². The van der Waals surface area contributed by atoms with Crippen molar-refractivity contribution in [1.29, 1.82) is 5.26 Å². The molecule has 0 atom stereocenters.